The van der Waals surface area contributed by atoms with E-state index in [1.165, 1.54) is 4.88 Å². The highest BCUT2D eigenvalue weighted by molar-refractivity contribution is 7.09. The molecule has 1 aromatic heterocycles. The van der Waals surface area contributed by atoms with E-state index in [0.717, 1.165) is 6.42 Å². The van der Waals surface area contributed by atoms with Gasteiger partial charge in [0.1, 0.15) is 0 Å². The smallest absolute Gasteiger partial charge is 0.319 e. The van der Waals surface area contributed by atoms with Crippen molar-refractivity contribution in [2.45, 2.75) is 6.42 Å². The highest BCUT2D eigenvalue weighted by Crippen LogP contribution is 2.34. The van der Waals surface area contributed by atoms with Gasteiger partial charge in [0.05, 0.1) is 0 Å². The fourth-order valence-electron chi connectivity index (χ4n) is 1.90. The van der Waals surface area contributed by atoms with Crippen molar-refractivity contribution < 1.29 is 14.3 Å². The van der Waals surface area contributed by atoms with Crippen molar-refractivity contribution >= 4 is 23.1 Å². The Labute approximate surface area is 120 Å². The third-order valence-electron chi connectivity index (χ3n) is 2.87. The van der Waals surface area contributed by atoms with Gasteiger partial charge in [0.15, 0.2) is 11.5 Å². The van der Waals surface area contributed by atoms with E-state index in [1.54, 1.807) is 29.5 Å². The summed E-state index contributed by atoms with van der Waals surface area (Å²) >= 11 is 1.69. The molecule has 0 unspecified atom stereocenters. The van der Waals surface area contributed by atoms with E-state index in [2.05, 4.69) is 16.7 Å². The van der Waals surface area contributed by atoms with Crippen LogP contribution in [0.25, 0.3) is 0 Å². The Morgan fingerprint density at radius 1 is 1.25 bits per heavy atom. The second-order valence-electron chi connectivity index (χ2n) is 4.28. The fraction of sp³-hybridized carbons (Fsp3) is 0.214. The van der Waals surface area contributed by atoms with Crippen molar-refractivity contribution in [3.63, 3.8) is 0 Å². The van der Waals surface area contributed by atoms with Crippen molar-refractivity contribution in [3.8, 4) is 11.5 Å². The van der Waals surface area contributed by atoms with Crippen LogP contribution >= 0.6 is 11.3 Å². The molecule has 1 aliphatic rings. The zero-order valence-corrected chi connectivity index (χ0v) is 11.5. The lowest BCUT2D eigenvalue weighted by atomic mass is 10.3. The van der Waals surface area contributed by atoms with Gasteiger partial charge in [0.25, 0.3) is 0 Å². The SMILES string of the molecule is O=C(NCCc1cccs1)Nc1ccc2c(c1)OCO2. The molecule has 0 saturated heterocycles. The molecule has 0 atom stereocenters. The topological polar surface area (TPSA) is 59.6 Å². The molecule has 0 radical (unpaired) electrons. The quantitative estimate of drug-likeness (QED) is 0.910. The van der Waals surface area contributed by atoms with Crippen LogP contribution in [-0.4, -0.2) is 19.4 Å². The Kier molecular flexibility index (Phi) is 3.73. The van der Waals surface area contributed by atoms with Crippen LogP contribution in [0.3, 0.4) is 0 Å². The van der Waals surface area contributed by atoms with E-state index in [-0.39, 0.29) is 12.8 Å². The lowest BCUT2D eigenvalue weighted by Crippen LogP contribution is -2.30. The van der Waals surface area contributed by atoms with Gasteiger partial charge in [-0.25, -0.2) is 4.79 Å². The number of hydrogen-bond acceptors (Lipinski definition) is 4. The van der Waals surface area contributed by atoms with Gasteiger partial charge in [-0.1, -0.05) is 6.07 Å². The van der Waals surface area contributed by atoms with Gasteiger partial charge >= 0.3 is 6.03 Å². The van der Waals surface area contributed by atoms with Gasteiger partial charge in [-0.3, -0.25) is 0 Å². The van der Waals surface area contributed by atoms with Crippen LogP contribution in [0.15, 0.2) is 35.7 Å². The van der Waals surface area contributed by atoms with Crippen LogP contribution < -0.4 is 20.1 Å². The van der Waals surface area contributed by atoms with Crippen molar-refractivity contribution in [2.75, 3.05) is 18.7 Å². The van der Waals surface area contributed by atoms with Crippen LogP contribution in [0, 0.1) is 0 Å². The number of amides is 2. The van der Waals surface area contributed by atoms with Crippen molar-refractivity contribution in [1.82, 2.24) is 5.32 Å². The third kappa shape index (κ3) is 3.03. The second kappa shape index (κ2) is 5.83. The molecule has 3 rings (SSSR count). The molecule has 6 heteroatoms. The molecule has 0 spiro atoms. The summed E-state index contributed by atoms with van der Waals surface area (Å²) in [6, 6.07) is 9.16. The maximum atomic E-state index is 11.8. The van der Waals surface area contributed by atoms with Gasteiger partial charge < -0.3 is 20.1 Å². The van der Waals surface area contributed by atoms with E-state index in [9.17, 15) is 4.79 Å². The Bertz CT molecular complexity index is 598. The number of nitrogens with one attached hydrogen (secondary N) is 2. The molecule has 104 valence electrons. The zero-order chi connectivity index (χ0) is 13.8. The summed E-state index contributed by atoms with van der Waals surface area (Å²) in [5.74, 6) is 1.36. The van der Waals surface area contributed by atoms with Gasteiger partial charge in [-0.2, -0.15) is 0 Å². The summed E-state index contributed by atoms with van der Waals surface area (Å²) in [6.45, 7) is 0.836. The van der Waals surface area contributed by atoms with Crippen LogP contribution in [0.4, 0.5) is 10.5 Å². The predicted molar refractivity (Wildman–Crippen MR) is 77.6 cm³/mol. The number of carbonyl (C=O) groups is 1. The lowest BCUT2D eigenvalue weighted by molar-refractivity contribution is 0.174. The predicted octanol–water partition coefficient (Wildman–Crippen LogP) is 2.84. The van der Waals surface area contributed by atoms with Crippen LogP contribution in [0.2, 0.25) is 0 Å². The average molecular weight is 290 g/mol. The Morgan fingerprint density at radius 2 is 2.15 bits per heavy atom. The molecule has 0 saturated carbocycles. The first-order valence-corrected chi connectivity index (χ1v) is 7.16. The normalized spacial score (nSPS) is 12.2. The van der Waals surface area contributed by atoms with Crippen LogP contribution in [0.5, 0.6) is 11.5 Å². The highest BCUT2D eigenvalue weighted by atomic mass is 32.1. The van der Waals surface area contributed by atoms with Crippen molar-refractivity contribution in [2.24, 2.45) is 0 Å². The Hall–Kier alpha value is -2.21. The highest BCUT2D eigenvalue weighted by Gasteiger charge is 2.13. The lowest BCUT2D eigenvalue weighted by Gasteiger charge is -2.07. The van der Waals surface area contributed by atoms with Crippen LogP contribution in [0.1, 0.15) is 4.88 Å². The molecule has 1 aliphatic heterocycles. The maximum absolute atomic E-state index is 11.8. The molecular weight excluding hydrogens is 276 g/mol. The molecule has 2 aromatic rings. The Balaban J connectivity index is 1.49. The number of carbonyl (C=O) groups excluding carboxylic acids is 1. The molecule has 2 heterocycles. The number of hydrogen-bond donors (Lipinski definition) is 2. The minimum absolute atomic E-state index is 0.222. The fourth-order valence-corrected chi connectivity index (χ4v) is 2.61. The van der Waals surface area contributed by atoms with Gasteiger partial charge in [0.2, 0.25) is 6.79 Å². The van der Waals surface area contributed by atoms with E-state index in [0.29, 0.717) is 23.7 Å². The molecule has 1 aromatic carbocycles. The number of rotatable bonds is 4. The summed E-state index contributed by atoms with van der Waals surface area (Å²) in [4.78, 5) is 13.0. The number of fused-ring (bicyclic) bond motifs is 1. The standard InChI is InChI=1S/C14H14N2O3S/c17-14(15-6-5-11-2-1-7-20-11)16-10-3-4-12-13(8-10)19-9-18-12/h1-4,7-8H,5-6,9H2,(H2,15,16,17). The number of benzene rings is 1. The summed E-state index contributed by atoms with van der Waals surface area (Å²) < 4.78 is 10.5. The second-order valence-corrected chi connectivity index (χ2v) is 5.31. The molecular formula is C14H14N2O3S. The largest absolute Gasteiger partial charge is 0.454 e. The first-order valence-electron chi connectivity index (χ1n) is 6.28. The van der Waals surface area contributed by atoms with E-state index < -0.39 is 0 Å². The van der Waals surface area contributed by atoms with Gasteiger partial charge in [-0.15, -0.1) is 11.3 Å². The number of anilines is 1. The monoisotopic (exact) mass is 290 g/mol. The minimum atomic E-state index is -0.222. The van der Waals surface area contributed by atoms with E-state index in [4.69, 9.17) is 9.47 Å². The average Bonchev–Trinajstić information content (AvgIpc) is 3.08. The maximum Gasteiger partial charge on any atom is 0.319 e. The third-order valence-corrected chi connectivity index (χ3v) is 3.80. The first-order chi connectivity index (χ1) is 9.81. The molecule has 5 nitrogen and oxygen atoms in total. The number of urea groups is 1. The summed E-state index contributed by atoms with van der Waals surface area (Å²) in [5, 5.41) is 7.62. The van der Waals surface area contributed by atoms with Gasteiger partial charge in [-0.05, 0) is 30.0 Å². The van der Waals surface area contributed by atoms with E-state index >= 15 is 0 Å². The number of ether oxygens (including phenoxy) is 2. The van der Waals surface area contributed by atoms with Crippen molar-refractivity contribution in [1.29, 1.82) is 0 Å². The Morgan fingerprint density at radius 3 is 3.00 bits per heavy atom. The minimum Gasteiger partial charge on any atom is -0.454 e. The summed E-state index contributed by atoms with van der Waals surface area (Å²) in [6.07, 6.45) is 0.840. The molecule has 0 aliphatic carbocycles. The van der Waals surface area contributed by atoms with Crippen LogP contribution in [-0.2, 0) is 6.42 Å². The molecule has 0 bridgehead atoms. The van der Waals surface area contributed by atoms with Gasteiger partial charge in [0, 0.05) is 23.2 Å². The van der Waals surface area contributed by atoms with Crippen molar-refractivity contribution in [3.05, 3.63) is 40.6 Å². The number of thiophene rings is 1. The zero-order valence-electron chi connectivity index (χ0n) is 10.7. The first kappa shape index (κ1) is 12.8. The molecule has 2 amide bonds. The molecule has 2 N–H and O–H groups in total. The molecule has 0 fully saturated rings. The molecule has 20 heavy (non-hydrogen) atoms. The summed E-state index contributed by atoms with van der Waals surface area (Å²) in [7, 11) is 0. The summed E-state index contributed by atoms with van der Waals surface area (Å²) in [5.41, 5.74) is 0.683. The van der Waals surface area contributed by atoms with E-state index in [1.807, 2.05) is 11.4 Å².